The van der Waals surface area contributed by atoms with Gasteiger partial charge >= 0.3 is 5.82 Å². The molecule has 0 amide bonds. The maximum absolute atomic E-state index is 10.9. The number of nitrogens with two attached hydrogens (primary N) is 1. The molecule has 17 heavy (non-hydrogen) atoms. The van der Waals surface area contributed by atoms with E-state index in [2.05, 4.69) is 11.9 Å². The average molecular weight is 239 g/mol. The molecule has 2 heterocycles. The molecule has 1 aromatic heterocycles. The summed E-state index contributed by atoms with van der Waals surface area (Å²) in [4.78, 5) is 16.2. The van der Waals surface area contributed by atoms with Crippen molar-refractivity contribution < 1.29 is 4.92 Å². The van der Waals surface area contributed by atoms with Gasteiger partial charge in [-0.1, -0.05) is 6.92 Å². The van der Waals surface area contributed by atoms with Crippen molar-refractivity contribution in [2.45, 2.75) is 19.4 Å². The molecule has 0 bridgehead atoms. The van der Waals surface area contributed by atoms with Gasteiger partial charge < -0.3 is 20.7 Å². The quantitative estimate of drug-likeness (QED) is 0.599. The van der Waals surface area contributed by atoms with E-state index in [0.29, 0.717) is 18.3 Å². The van der Waals surface area contributed by atoms with E-state index >= 15 is 0 Å². The summed E-state index contributed by atoms with van der Waals surface area (Å²) in [5.74, 6) is 0.921. The molecule has 1 fully saturated rings. The number of nitro groups is 1. The van der Waals surface area contributed by atoms with Crippen LogP contribution in [-0.2, 0) is 7.05 Å². The van der Waals surface area contributed by atoms with Gasteiger partial charge in [0, 0.05) is 26.2 Å². The number of anilines is 1. The van der Waals surface area contributed by atoms with Gasteiger partial charge in [-0.3, -0.25) is 4.57 Å². The van der Waals surface area contributed by atoms with Gasteiger partial charge in [-0.15, -0.1) is 0 Å². The lowest BCUT2D eigenvalue weighted by Crippen LogP contribution is -2.48. The highest BCUT2D eigenvalue weighted by Crippen LogP contribution is 2.29. The van der Waals surface area contributed by atoms with E-state index in [0.717, 1.165) is 13.0 Å². The Morgan fingerprint density at radius 2 is 2.35 bits per heavy atom. The highest BCUT2D eigenvalue weighted by atomic mass is 16.6. The van der Waals surface area contributed by atoms with Crippen molar-refractivity contribution in [1.82, 2.24) is 9.55 Å². The van der Waals surface area contributed by atoms with E-state index in [-0.39, 0.29) is 11.9 Å². The number of hydrogen-bond donors (Lipinski definition) is 1. The van der Waals surface area contributed by atoms with Crippen molar-refractivity contribution in [3.8, 4) is 0 Å². The minimum atomic E-state index is -0.446. The van der Waals surface area contributed by atoms with Gasteiger partial charge in [-0.05, 0) is 22.2 Å². The number of piperidine rings is 1. The monoisotopic (exact) mass is 239 g/mol. The Labute approximate surface area is 99.4 Å². The molecule has 1 saturated heterocycles. The summed E-state index contributed by atoms with van der Waals surface area (Å²) in [5.41, 5.74) is 6.01. The maximum Gasteiger partial charge on any atom is 0.406 e. The lowest BCUT2D eigenvalue weighted by Gasteiger charge is -2.35. The fourth-order valence-electron chi connectivity index (χ4n) is 2.20. The second kappa shape index (κ2) is 4.33. The molecule has 0 spiro atoms. The van der Waals surface area contributed by atoms with E-state index in [1.165, 1.54) is 6.33 Å². The molecule has 2 rings (SSSR count). The molecule has 0 radical (unpaired) electrons. The zero-order chi connectivity index (χ0) is 12.6. The molecule has 2 unspecified atom stereocenters. The predicted molar refractivity (Wildman–Crippen MR) is 63.8 cm³/mol. The summed E-state index contributed by atoms with van der Waals surface area (Å²) in [6.45, 7) is 3.54. The van der Waals surface area contributed by atoms with E-state index in [9.17, 15) is 10.1 Å². The Balaban J connectivity index is 2.28. The molecule has 0 aliphatic carbocycles. The molecule has 7 nitrogen and oxygen atoms in total. The topological polar surface area (TPSA) is 90.2 Å². The van der Waals surface area contributed by atoms with Crippen LogP contribution in [0.15, 0.2) is 6.33 Å². The van der Waals surface area contributed by atoms with Crippen molar-refractivity contribution in [3.63, 3.8) is 0 Å². The van der Waals surface area contributed by atoms with Crippen LogP contribution in [0.1, 0.15) is 13.3 Å². The van der Waals surface area contributed by atoms with Gasteiger partial charge in [0.1, 0.15) is 0 Å². The van der Waals surface area contributed by atoms with Gasteiger partial charge in [-0.25, -0.2) is 0 Å². The summed E-state index contributed by atoms with van der Waals surface area (Å²) < 4.78 is 1.68. The molecule has 2 N–H and O–H groups in total. The van der Waals surface area contributed by atoms with Gasteiger partial charge in [-0.2, -0.15) is 0 Å². The molecule has 0 saturated carbocycles. The van der Waals surface area contributed by atoms with E-state index in [4.69, 9.17) is 5.73 Å². The first-order valence-electron chi connectivity index (χ1n) is 5.67. The van der Waals surface area contributed by atoms with Crippen LogP contribution in [0.3, 0.4) is 0 Å². The van der Waals surface area contributed by atoms with Crippen LogP contribution >= 0.6 is 0 Å². The minimum Gasteiger partial charge on any atom is -0.358 e. The van der Waals surface area contributed by atoms with Crippen LogP contribution in [0.2, 0.25) is 0 Å². The Morgan fingerprint density at radius 1 is 1.65 bits per heavy atom. The van der Waals surface area contributed by atoms with Crippen LogP contribution in [0, 0.1) is 16.0 Å². The van der Waals surface area contributed by atoms with Gasteiger partial charge in [0.25, 0.3) is 0 Å². The number of imidazole rings is 1. The Hall–Kier alpha value is -1.63. The molecule has 1 aliphatic heterocycles. The third-order valence-electron chi connectivity index (χ3n) is 3.38. The van der Waals surface area contributed by atoms with Crippen LogP contribution in [0.5, 0.6) is 0 Å². The SMILES string of the molecule is CC1CCN(c2c([N+](=O)[O-])ncn2C)CC1N. The van der Waals surface area contributed by atoms with Gasteiger partial charge in [0.05, 0.1) is 0 Å². The Morgan fingerprint density at radius 3 is 2.94 bits per heavy atom. The first-order chi connectivity index (χ1) is 8.00. The van der Waals surface area contributed by atoms with E-state index < -0.39 is 4.92 Å². The zero-order valence-corrected chi connectivity index (χ0v) is 10.0. The maximum atomic E-state index is 10.9. The van der Waals surface area contributed by atoms with Crippen LogP contribution in [0.25, 0.3) is 0 Å². The largest absolute Gasteiger partial charge is 0.406 e. The lowest BCUT2D eigenvalue weighted by molar-refractivity contribution is -0.388. The number of hydrogen-bond acceptors (Lipinski definition) is 5. The van der Waals surface area contributed by atoms with Crippen LogP contribution < -0.4 is 10.6 Å². The van der Waals surface area contributed by atoms with Crippen molar-refractivity contribution in [2.24, 2.45) is 18.7 Å². The summed E-state index contributed by atoms with van der Waals surface area (Å²) >= 11 is 0. The molecule has 2 atom stereocenters. The van der Waals surface area contributed by atoms with E-state index in [1.807, 2.05) is 4.90 Å². The number of rotatable bonds is 2. The average Bonchev–Trinajstić information content (AvgIpc) is 2.64. The van der Waals surface area contributed by atoms with Gasteiger partial charge in [0.15, 0.2) is 0 Å². The van der Waals surface area contributed by atoms with E-state index in [1.54, 1.807) is 11.6 Å². The number of aryl methyl sites for hydroxylation is 1. The Bertz CT molecular complexity index is 430. The molecule has 1 aliphatic rings. The standard InChI is InChI=1S/C10H17N5O2/c1-7-3-4-14(5-8(7)11)10-9(15(16)17)12-6-13(10)2/h6-8H,3-5,11H2,1-2H3. The first kappa shape index (κ1) is 11.8. The number of aromatic nitrogens is 2. The molecule has 1 aromatic rings. The molecule has 94 valence electrons. The zero-order valence-electron chi connectivity index (χ0n) is 10.0. The lowest BCUT2D eigenvalue weighted by atomic mass is 9.94. The summed E-state index contributed by atoms with van der Waals surface area (Å²) in [7, 11) is 1.76. The predicted octanol–water partition coefficient (Wildman–Crippen LogP) is 0.502. The van der Waals surface area contributed by atoms with Crippen LogP contribution in [-0.4, -0.2) is 33.6 Å². The molecular formula is C10H17N5O2. The summed E-state index contributed by atoms with van der Waals surface area (Å²) in [6, 6.07) is 0.0539. The van der Waals surface area contributed by atoms with Crippen LogP contribution in [0.4, 0.5) is 11.6 Å². The summed E-state index contributed by atoms with van der Waals surface area (Å²) in [5, 5.41) is 10.9. The van der Waals surface area contributed by atoms with Crippen molar-refractivity contribution >= 4 is 11.6 Å². The first-order valence-corrected chi connectivity index (χ1v) is 5.67. The Kier molecular flexibility index (Phi) is 3.01. The normalized spacial score (nSPS) is 25.0. The molecule has 7 heteroatoms. The second-order valence-corrected chi connectivity index (χ2v) is 4.64. The third-order valence-corrected chi connectivity index (χ3v) is 3.38. The highest BCUT2D eigenvalue weighted by Gasteiger charge is 2.30. The second-order valence-electron chi connectivity index (χ2n) is 4.64. The fourth-order valence-corrected chi connectivity index (χ4v) is 2.20. The fraction of sp³-hybridized carbons (Fsp3) is 0.700. The van der Waals surface area contributed by atoms with Crippen molar-refractivity contribution in [2.75, 3.05) is 18.0 Å². The van der Waals surface area contributed by atoms with Gasteiger partial charge in [0.2, 0.25) is 12.1 Å². The third kappa shape index (κ3) is 2.10. The molecule has 0 aromatic carbocycles. The molecular weight excluding hydrogens is 222 g/mol. The highest BCUT2D eigenvalue weighted by molar-refractivity contribution is 5.55. The minimum absolute atomic E-state index is 0.0539. The smallest absolute Gasteiger partial charge is 0.358 e. The van der Waals surface area contributed by atoms with Crippen molar-refractivity contribution in [1.29, 1.82) is 0 Å². The number of nitrogens with zero attached hydrogens (tertiary/aromatic N) is 4. The summed E-state index contributed by atoms with van der Waals surface area (Å²) in [6.07, 6.45) is 2.42. The van der Waals surface area contributed by atoms with Crippen molar-refractivity contribution in [3.05, 3.63) is 16.4 Å².